The number of ether oxygens (including phenoxy) is 7. The minimum absolute atomic E-state index is 0.0224. The number of hydrogen-bond donors (Lipinski definition) is 10. The van der Waals surface area contributed by atoms with Gasteiger partial charge in [-0.25, -0.2) is 4.79 Å². The van der Waals surface area contributed by atoms with Gasteiger partial charge in [0.15, 0.2) is 18.0 Å². The van der Waals surface area contributed by atoms with Crippen LogP contribution in [-0.2, 0) is 23.7 Å². The molecule has 3 aliphatic heterocycles. The Bertz CT molecular complexity index is 2250. The highest BCUT2D eigenvalue weighted by Crippen LogP contribution is 2.57. The Hall–Kier alpha value is -4.68. The van der Waals surface area contributed by atoms with Gasteiger partial charge in [-0.3, -0.25) is 4.79 Å². The van der Waals surface area contributed by atoms with Gasteiger partial charge in [-0.15, -0.1) is 0 Å². The molecule has 14 atom stereocenters. The van der Waals surface area contributed by atoms with Gasteiger partial charge >= 0.3 is 5.97 Å². The molecule has 2 bridgehead atoms. The van der Waals surface area contributed by atoms with E-state index in [-0.39, 0.29) is 46.8 Å². The molecule has 3 saturated heterocycles. The lowest BCUT2D eigenvalue weighted by Crippen LogP contribution is -2.61. The first kappa shape index (κ1) is 46.3. The molecular weight excluding hydrogens is 836 g/mol. The maximum atomic E-state index is 13.9. The van der Waals surface area contributed by atoms with Crippen LogP contribution in [0.4, 0.5) is 0 Å². The smallest absolute Gasteiger partial charge is 0.331 e. The van der Waals surface area contributed by atoms with Gasteiger partial charge in [-0.1, -0.05) is 13.0 Å². The molecule has 1 saturated carbocycles. The van der Waals surface area contributed by atoms with Crippen LogP contribution in [0.2, 0.25) is 0 Å². The van der Waals surface area contributed by atoms with Crippen LogP contribution in [0.3, 0.4) is 0 Å². The van der Waals surface area contributed by atoms with E-state index in [1.807, 2.05) is 6.92 Å². The highest BCUT2D eigenvalue weighted by molar-refractivity contribution is 5.88. The number of carbonyl (C=O) groups excluding carboxylic acids is 1. The van der Waals surface area contributed by atoms with E-state index in [1.165, 1.54) is 49.6 Å². The standard InChI is InChI=1S/C43H52O20/c1-19(9-10-43(55)41(2)14-21(46)15-42(43,3)57-18-41)11-28(48)62-37-31(50)27(17-45)61-40(35(37)54)58-22-7-5-20(6-8-22)36-38(63-39-34(53)33(52)30(49)26(16-44)60-39)32(51)29-24(47)12-23(56-4)13-25(29)59-36/h5-13,21,26-27,30-31,33-35,37,39-40,44-47,49-50,52-55H,14-18H2,1-4H3/b10-9?,19-11-/t21-,26-,27-,30+,31+,33-,34+,35-,37-,39-,40+,41+,42+,43-/m0/s1. The molecule has 10 N–H and O–H groups in total. The molecule has 0 unspecified atom stereocenters. The van der Waals surface area contributed by atoms with Gasteiger partial charge in [0.1, 0.15) is 76.0 Å². The zero-order chi connectivity index (χ0) is 45.8. The average Bonchev–Trinajstić information content (AvgIpc) is 3.33. The molecule has 7 rings (SSSR count). The van der Waals surface area contributed by atoms with Crippen molar-refractivity contribution in [2.75, 3.05) is 26.9 Å². The van der Waals surface area contributed by atoms with Crippen molar-refractivity contribution in [3.8, 4) is 34.3 Å². The summed E-state index contributed by atoms with van der Waals surface area (Å²) in [5.41, 5.74) is -3.93. The largest absolute Gasteiger partial charge is 0.507 e. The first-order valence-electron chi connectivity index (χ1n) is 20.1. The van der Waals surface area contributed by atoms with Crippen molar-refractivity contribution in [2.24, 2.45) is 5.41 Å². The van der Waals surface area contributed by atoms with Crippen LogP contribution in [-0.4, -0.2) is 163 Å². The molecule has 1 aliphatic carbocycles. The molecule has 4 aliphatic rings. The maximum Gasteiger partial charge on any atom is 0.331 e. The molecule has 0 radical (unpaired) electrons. The number of aromatic hydroxyl groups is 1. The van der Waals surface area contributed by atoms with E-state index in [9.17, 15) is 60.7 Å². The van der Waals surface area contributed by atoms with Gasteiger partial charge < -0.3 is 88.6 Å². The highest BCUT2D eigenvalue weighted by Gasteiger charge is 2.67. The summed E-state index contributed by atoms with van der Waals surface area (Å²) in [7, 11) is 1.33. The third-order valence-corrected chi connectivity index (χ3v) is 12.3. The van der Waals surface area contributed by atoms with E-state index < -0.39 is 120 Å². The van der Waals surface area contributed by atoms with E-state index >= 15 is 0 Å². The zero-order valence-corrected chi connectivity index (χ0v) is 34.6. The number of phenols is 1. The molecule has 4 heterocycles. The minimum atomic E-state index is -1.91. The third kappa shape index (κ3) is 8.42. The van der Waals surface area contributed by atoms with E-state index in [4.69, 9.17) is 37.6 Å². The Kier molecular flexibility index (Phi) is 13.0. The second kappa shape index (κ2) is 17.7. The van der Waals surface area contributed by atoms with Gasteiger partial charge in [0, 0.05) is 35.6 Å². The van der Waals surface area contributed by atoms with Crippen molar-refractivity contribution in [1.29, 1.82) is 0 Å². The third-order valence-electron chi connectivity index (χ3n) is 12.3. The number of benzene rings is 2. The Labute approximate surface area is 359 Å². The normalized spacial score (nSPS) is 37.0. The summed E-state index contributed by atoms with van der Waals surface area (Å²) in [6.07, 6.45) is -12.9. The molecule has 63 heavy (non-hydrogen) atoms. The highest BCUT2D eigenvalue weighted by atomic mass is 16.7. The van der Waals surface area contributed by atoms with E-state index in [1.54, 1.807) is 13.8 Å². The van der Waals surface area contributed by atoms with Crippen LogP contribution < -0.4 is 19.6 Å². The van der Waals surface area contributed by atoms with E-state index in [0.717, 1.165) is 12.1 Å². The number of hydrogen-bond acceptors (Lipinski definition) is 20. The lowest BCUT2D eigenvalue weighted by Gasteiger charge is -2.49. The van der Waals surface area contributed by atoms with Crippen molar-refractivity contribution in [3.05, 3.63) is 70.4 Å². The van der Waals surface area contributed by atoms with Crippen LogP contribution in [0, 0.1) is 5.41 Å². The van der Waals surface area contributed by atoms with Crippen molar-refractivity contribution in [2.45, 2.75) is 112 Å². The number of aliphatic hydroxyl groups excluding tert-OH is 8. The van der Waals surface area contributed by atoms with Crippen molar-refractivity contribution in [1.82, 2.24) is 0 Å². The number of rotatable bonds is 12. The molecule has 0 spiro atoms. The first-order chi connectivity index (χ1) is 29.8. The molecule has 20 heteroatoms. The second-order valence-corrected chi connectivity index (χ2v) is 16.8. The fourth-order valence-corrected chi connectivity index (χ4v) is 8.74. The molecule has 1 aromatic heterocycles. The Morgan fingerprint density at radius 2 is 1.51 bits per heavy atom. The van der Waals surface area contributed by atoms with Crippen LogP contribution in [0.25, 0.3) is 22.3 Å². The minimum Gasteiger partial charge on any atom is -0.507 e. The molecule has 3 aromatic rings. The predicted molar refractivity (Wildman–Crippen MR) is 214 cm³/mol. The number of aliphatic hydroxyl groups is 9. The lowest BCUT2D eigenvalue weighted by molar-refractivity contribution is -0.280. The maximum absolute atomic E-state index is 13.9. The van der Waals surface area contributed by atoms with Gasteiger partial charge in [-0.2, -0.15) is 0 Å². The summed E-state index contributed by atoms with van der Waals surface area (Å²) in [5.74, 6) is -2.25. The summed E-state index contributed by atoms with van der Waals surface area (Å²) < 4.78 is 45.4. The van der Waals surface area contributed by atoms with Gasteiger partial charge in [0.05, 0.1) is 33.0 Å². The van der Waals surface area contributed by atoms with Crippen LogP contribution in [0.1, 0.15) is 33.6 Å². The molecule has 344 valence electrons. The van der Waals surface area contributed by atoms with Crippen LogP contribution in [0.5, 0.6) is 23.0 Å². The number of phenolic OH excluding ortho intramolecular Hbond substituents is 1. The Morgan fingerprint density at radius 1 is 0.857 bits per heavy atom. The predicted octanol–water partition coefficient (Wildman–Crippen LogP) is -0.734. The molecule has 2 aromatic carbocycles. The summed E-state index contributed by atoms with van der Waals surface area (Å²) in [6.45, 7) is 3.78. The number of carbonyl (C=O) groups is 1. The van der Waals surface area contributed by atoms with Crippen molar-refractivity contribution in [3.63, 3.8) is 0 Å². The van der Waals surface area contributed by atoms with E-state index in [2.05, 4.69) is 0 Å². The van der Waals surface area contributed by atoms with Gasteiger partial charge in [0.25, 0.3) is 0 Å². The quantitative estimate of drug-likeness (QED) is 0.0609. The topological polar surface area (TPSA) is 314 Å². The summed E-state index contributed by atoms with van der Waals surface area (Å²) in [5, 5.41) is 106. The summed E-state index contributed by atoms with van der Waals surface area (Å²) >= 11 is 0. The first-order valence-corrected chi connectivity index (χ1v) is 20.1. The van der Waals surface area contributed by atoms with Crippen LogP contribution in [0.15, 0.2) is 69.4 Å². The van der Waals surface area contributed by atoms with Crippen LogP contribution >= 0.6 is 0 Å². The molecule has 4 fully saturated rings. The van der Waals surface area contributed by atoms with Gasteiger partial charge in [-0.05, 0) is 56.2 Å². The van der Waals surface area contributed by atoms with Crippen molar-refractivity contribution >= 4 is 16.9 Å². The van der Waals surface area contributed by atoms with E-state index in [0.29, 0.717) is 12.0 Å². The fraction of sp³-hybridized carbons (Fsp3) is 0.535. The number of fused-ring (bicyclic) bond motifs is 3. The molecule has 20 nitrogen and oxygen atoms in total. The fourth-order valence-electron chi connectivity index (χ4n) is 8.74. The van der Waals surface area contributed by atoms with Crippen molar-refractivity contribution < 1.29 is 93.4 Å². The summed E-state index contributed by atoms with van der Waals surface area (Å²) in [4.78, 5) is 27.1. The molecular formula is C43H52O20. The molecule has 0 amide bonds. The zero-order valence-electron chi connectivity index (χ0n) is 34.6. The Morgan fingerprint density at radius 3 is 2.14 bits per heavy atom. The SMILES string of the molecule is COc1cc(O)c2c(=O)c(O[C@@H]3O[C@@H](CO)[C@@H](O)[C@H](O)[C@H]3O)c(-c3ccc(O[C@@H]4O[C@@H](CO)[C@@H](O)[C@H](OC(=O)/C=C(/C)C=C[C@]5(O)[C@@]6(C)CO[C@]5(C)C[C@@H](O)C6)[C@@H]4O)cc3)oc2c1. The number of esters is 1. The Balaban J connectivity index is 1.11. The summed E-state index contributed by atoms with van der Waals surface area (Å²) in [6, 6.07) is 7.96. The lowest BCUT2D eigenvalue weighted by atomic mass is 9.59. The monoisotopic (exact) mass is 888 g/mol. The second-order valence-electron chi connectivity index (χ2n) is 16.8. The number of methoxy groups -OCH3 is 1. The average molecular weight is 889 g/mol. The van der Waals surface area contributed by atoms with Gasteiger partial charge in [0.2, 0.25) is 23.8 Å². The number of allylic oxidation sites excluding steroid dienone is 2.